The third-order valence-electron chi connectivity index (χ3n) is 3.25. The highest BCUT2D eigenvalue weighted by molar-refractivity contribution is 5.24. The average Bonchev–Trinajstić information content (AvgIpc) is 2.58. The predicted octanol–water partition coefficient (Wildman–Crippen LogP) is 1.30. The molecule has 17 heavy (non-hydrogen) atoms. The molecule has 0 unspecified atom stereocenters. The fraction of sp³-hybridized carbons (Fsp3) is 0.727. The maximum Gasteiger partial charge on any atom is 0.333 e. The number of piperazine rings is 1. The molecule has 96 valence electrons. The topological polar surface area (TPSA) is 33.1 Å². The maximum atomic E-state index is 12.7. The molecule has 6 heteroatoms. The molecule has 1 aromatic heterocycles. The number of halogens is 2. The van der Waals surface area contributed by atoms with Gasteiger partial charge in [-0.2, -0.15) is 13.9 Å². The van der Waals surface area contributed by atoms with Crippen LogP contribution in [0.4, 0.5) is 8.78 Å². The van der Waals surface area contributed by atoms with Gasteiger partial charge in [-0.15, -0.1) is 0 Å². The Labute approximate surface area is 99.6 Å². The molecule has 1 saturated heterocycles. The molecule has 0 radical (unpaired) electrons. The lowest BCUT2D eigenvalue weighted by molar-refractivity contribution is 0.0539. The second-order valence-corrected chi connectivity index (χ2v) is 4.40. The molecule has 0 aliphatic carbocycles. The summed E-state index contributed by atoms with van der Waals surface area (Å²) in [5, 5.41) is 7.17. The minimum absolute atomic E-state index is 0.580. The first-order valence-corrected chi connectivity index (χ1v) is 5.85. The molecule has 1 aromatic rings. The Morgan fingerprint density at radius 3 is 2.47 bits per heavy atom. The van der Waals surface area contributed by atoms with Crippen molar-refractivity contribution in [1.29, 1.82) is 0 Å². The van der Waals surface area contributed by atoms with Crippen LogP contribution in [0.3, 0.4) is 0 Å². The third kappa shape index (κ3) is 2.63. The summed E-state index contributed by atoms with van der Waals surface area (Å²) in [6, 6.07) is 0. The number of hydrogen-bond donors (Lipinski definition) is 1. The van der Waals surface area contributed by atoms with E-state index >= 15 is 0 Å². The van der Waals surface area contributed by atoms with Gasteiger partial charge in [0, 0.05) is 44.0 Å². The Hall–Kier alpha value is -1.01. The van der Waals surface area contributed by atoms with Crippen LogP contribution in [-0.4, -0.2) is 40.9 Å². The van der Waals surface area contributed by atoms with E-state index in [4.69, 9.17) is 0 Å². The SMILES string of the molecule is Cc1nn(C(F)F)c(C)c1CN1CCNCC1. The third-order valence-corrected chi connectivity index (χ3v) is 3.25. The van der Waals surface area contributed by atoms with Gasteiger partial charge in [-0.3, -0.25) is 4.90 Å². The summed E-state index contributed by atoms with van der Waals surface area (Å²) in [6.07, 6.45) is 0. The molecule has 0 spiro atoms. The summed E-state index contributed by atoms with van der Waals surface area (Å²) in [4.78, 5) is 2.27. The van der Waals surface area contributed by atoms with Crippen LogP contribution in [-0.2, 0) is 6.54 Å². The van der Waals surface area contributed by atoms with E-state index in [1.165, 1.54) is 0 Å². The molecule has 1 aliphatic rings. The molecule has 1 aliphatic heterocycles. The largest absolute Gasteiger partial charge is 0.333 e. The lowest BCUT2D eigenvalue weighted by Crippen LogP contribution is -2.43. The van der Waals surface area contributed by atoms with E-state index in [0.717, 1.165) is 36.4 Å². The molecule has 1 N–H and O–H groups in total. The van der Waals surface area contributed by atoms with Crippen LogP contribution in [0.1, 0.15) is 23.5 Å². The van der Waals surface area contributed by atoms with Crippen molar-refractivity contribution in [3.05, 3.63) is 17.0 Å². The highest BCUT2D eigenvalue weighted by Crippen LogP contribution is 2.20. The van der Waals surface area contributed by atoms with E-state index < -0.39 is 6.55 Å². The van der Waals surface area contributed by atoms with Crippen LogP contribution >= 0.6 is 0 Å². The molecule has 2 heterocycles. The number of alkyl halides is 2. The van der Waals surface area contributed by atoms with Crippen molar-refractivity contribution < 1.29 is 8.78 Å². The number of aryl methyl sites for hydroxylation is 1. The molecular formula is C11H18F2N4. The second kappa shape index (κ2) is 5.10. The quantitative estimate of drug-likeness (QED) is 0.870. The molecule has 0 aromatic carbocycles. The number of aromatic nitrogens is 2. The first-order valence-electron chi connectivity index (χ1n) is 5.85. The number of hydrogen-bond acceptors (Lipinski definition) is 3. The zero-order valence-electron chi connectivity index (χ0n) is 10.2. The zero-order chi connectivity index (χ0) is 12.4. The second-order valence-electron chi connectivity index (χ2n) is 4.40. The predicted molar refractivity (Wildman–Crippen MR) is 61.1 cm³/mol. The highest BCUT2D eigenvalue weighted by Gasteiger charge is 2.19. The normalized spacial score (nSPS) is 17.9. The van der Waals surface area contributed by atoms with Crippen LogP contribution in [0, 0.1) is 13.8 Å². The molecule has 0 bridgehead atoms. The smallest absolute Gasteiger partial charge is 0.314 e. The number of nitrogens with one attached hydrogen (secondary N) is 1. The van der Waals surface area contributed by atoms with E-state index in [9.17, 15) is 8.78 Å². The Morgan fingerprint density at radius 1 is 1.29 bits per heavy atom. The van der Waals surface area contributed by atoms with Gasteiger partial charge < -0.3 is 5.32 Å². The lowest BCUT2D eigenvalue weighted by Gasteiger charge is -2.27. The maximum absolute atomic E-state index is 12.7. The van der Waals surface area contributed by atoms with E-state index in [0.29, 0.717) is 17.9 Å². The average molecular weight is 244 g/mol. The van der Waals surface area contributed by atoms with Crippen LogP contribution in [0.2, 0.25) is 0 Å². The fourth-order valence-electron chi connectivity index (χ4n) is 2.21. The van der Waals surface area contributed by atoms with Gasteiger partial charge in [-0.25, -0.2) is 4.68 Å². The minimum Gasteiger partial charge on any atom is -0.314 e. The standard InChI is InChI=1S/C11H18F2N4/c1-8-10(7-16-5-3-14-4-6-16)9(2)17(15-8)11(12)13/h11,14H,3-7H2,1-2H3. The minimum atomic E-state index is -2.55. The Bertz CT molecular complexity index is 383. The molecule has 2 rings (SSSR count). The number of rotatable bonds is 3. The van der Waals surface area contributed by atoms with Crippen molar-refractivity contribution in [3.8, 4) is 0 Å². The van der Waals surface area contributed by atoms with E-state index in [2.05, 4.69) is 15.3 Å². The number of nitrogens with zero attached hydrogens (tertiary/aromatic N) is 3. The summed E-state index contributed by atoms with van der Waals surface area (Å²) < 4.78 is 26.2. The van der Waals surface area contributed by atoms with Gasteiger partial charge in [0.15, 0.2) is 0 Å². The molecule has 1 fully saturated rings. The van der Waals surface area contributed by atoms with Gasteiger partial charge in [0.2, 0.25) is 0 Å². The molecular weight excluding hydrogens is 226 g/mol. The summed E-state index contributed by atoms with van der Waals surface area (Å²) in [5.74, 6) is 0. The molecule has 0 amide bonds. The molecule has 0 saturated carbocycles. The van der Waals surface area contributed by atoms with Gasteiger partial charge in [0.05, 0.1) is 5.69 Å². The van der Waals surface area contributed by atoms with Crippen molar-refractivity contribution in [2.45, 2.75) is 26.9 Å². The first kappa shape index (κ1) is 12.4. The van der Waals surface area contributed by atoms with Gasteiger partial charge >= 0.3 is 6.55 Å². The van der Waals surface area contributed by atoms with E-state index in [1.807, 2.05) is 0 Å². The van der Waals surface area contributed by atoms with Crippen molar-refractivity contribution >= 4 is 0 Å². The lowest BCUT2D eigenvalue weighted by atomic mass is 10.1. The van der Waals surface area contributed by atoms with E-state index in [-0.39, 0.29) is 0 Å². The Kier molecular flexibility index (Phi) is 3.73. The first-order chi connectivity index (χ1) is 8.09. The van der Waals surface area contributed by atoms with Crippen LogP contribution in [0.25, 0.3) is 0 Å². The summed E-state index contributed by atoms with van der Waals surface area (Å²) in [6.45, 7) is 5.50. The van der Waals surface area contributed by atoms with Crippen LogP contribution < -0.4 is 5.32 Å². The van der Waals surface area contributed by atoms with E-state index in [1.54, 1.807) is 13.8 Å². The van der Waals surface area contributed by atoms with Crippen molar-refractivity contribution in [1.82, 2.24) is 20.0 Å². The fourth-order valence-corrected chi connectivity index (χ4v) is 2.21. The van der Waals surface area contributed by atoms with Gasteiger partial charge in [-0.05, 0) is 13.8 Å². The molecule has 0 atom stereocenters. The summed E-state index contributed by atoms with van der Waals surface area (Å²) >= 11 is 0. The van der Waals surface area contributed by atoms with Crippen molar-refractivity contribution in [2.75, 3.05) is 26.2 Å². The van der Waals surface area contributed by atoms with Gasteiger partial charge in [-0.1, -0.05) is 0 Å². The van der Waals surface area contributed by atoms with Crippen LogP contribution in [0.15, 0.2) is 0 Å². The van der Waals surface area contributed by atoms with Crippen molar-refractivity contribution in [2.24, 2.45) is 0 Å². The van der Waals surface area contributed by atoms with Crippen LogP contribution in [0.5, 0.6) is 0 Å². The summed E-state index contributed by atoms with van der Waals surface area (Å²) in [5.41, 5.74) is 2.23. The van der Waals surface area contributed by atoms with Crippen molar-refractivity contribution in [3.63, 3.8) is 0 Å². The monoisotopic (exact) mass is 244 g/mol. The Balaban J connectivity index is 2.14. The summed E-state index contributed by atoms with van der Waals surface area (Å²) in [7, 11) is 0. The van der Waals surface area contributed by atoms with Gasteiger partial charge in [0.25, 0.3) is 0 Å². The Morgan fingerprint density at radius 2 is 1.94 bits per heavy atom. The van der Waals surface area contributed by atoms with Gasteiger partial charge in [0.1, 0.15) is 0 Å². The molecule has 4 nitrogen and oxygen atoms in total. The highest BCUT2D eigenvalue weighted by atomic mass is 19.3. The zero-order valence-corrected chi connectivity index (χ0v) is 10.2.